The Labute approximate surface area is 239 Å². The summed E-state index contributed by atoms with van der Waals surface area (Å²) in [5.74, 6) is 2.12. The van der Waals surface area contributed by atoms with Gasteiger partial charge in [-0.1, -0.05) is 85.3 Å². The van der Waals surface area contributed by atoms with Gasteiger partial charge in [-0.2, -0.15) is 0 Å². The molecule has 0 aromatic rings. The molecular weight excluding hydrogens is 497 g/mol. The molecule has 0 aromatic heterocycles. The first-order valence-corrected chi connectivity index (χ1v) is 21.5. The van der Waals surface area contributed by atoms with Crippen molar-refractivity contribution in [1.82, 2.24) is 0 Å². The van der Waals surface area contributed by atoms with Gasteiger partial charge in [0, 0.05) is 12.7 Å². The van der Waals surface area contributed by atoms with E-state index in [1.807, 2.05) is 0 Å². The van der Waals surface area contributed by atoms with Crippen molar-refractivity contribution < 1.29 is 8.85 Å². The van der Waals surface area contributed by atoms with E-state index in [4.69, 9.17) is 8.85 Å². The molecule has 38 heavy (non-hydrogen) atoms. The molecular formula is C34H62O2Si2. The predicted molar refractivity (Wildman–Crippen MR) is 172 cm³/mol. The lowest BCUT2D eigenvalue weighted by molar-refractivity contribution is 0.0714. The highest BCUT2D eigenvalue weighted by Gasteiger charge is 2.51. The Balaban J connectivity index is 1.71. The van der Waals surface area contributed by atoms with Crippen molar-refractivity contribution in [1.29, 1.82) is 0 Å². The highest BCUT2D eigenvalue weighted by molar-refractivity contribution is 6.74. The van der Waals surface area contributed by atoms with Crippen molar-refractivity contribution >= 4 is 16.6 Å². The van der Waals surface area contributed by atoms with E-state index in [9.17, 15) is 0 Å². The Morgan fingerprint density at radius 2 is 1.58 bits per heavy atom. The number of rotatable bonds is 7. The Bertz CT molecular complexity index is 914. The van der Waals surface area contributed by atoms with Gasteiger partial charge in [0.05, 0.1) is 0 Å². The zero-order valence-electron chi connectivity index (χ0n) is 27.4. The smallest absolute Gasteiger partial charge is 0.192 e. The molecule has 0 aromatic carbocycles. The van der Waals surface area contributed by atoms with Gasteiger partial charge in [0.15, 0.2) is 16.6 Å². The fourth-order valence-electron chi connectivity index (χ4n) is 6.96. The summed E-state index contributed by atoms with van der Waals surface area (Å²) in [6, 6.07) is 0. The maximum atomic E-state index is 6.83. The van der Waals surface area contributed by atoms with E-state index < -0.39 is 16.6 Å². The van der Waals surface area contributed by atoms with Crippen LogP contribution in [0, 0.1) is 23.2 Å². The molecule has 0 saturated heterocycles. The molecule has 0 amide bonds. The van der Waals surface area contributed by atoms with E-state index in [-0.39, 0.29) is 10.1 Å². The highest BCUT2D eigenvalue weighted by atomic mass is 28.4. The van der Waals surface area contributed by atoms with Crippen LogP contribution in [0.25, 0.3) is 0 Å². The van der Waals surface area contributed by atoms with Crippen molar-refractivity contribution in [2.75, 3.05) is 6.61 Å². The van der Waals surface area contributed by atoms with Crippen LogP contribution in [0.15, 0.2) is 35.5 Å². The van der Waals surface area contributed by atoms with Crippen LogP contribution in [0.2, 0.25) is 36.3 Å². The molecule has 3 aliphatic carbocycles. The van der Waals surface area contributed by atoms with Crippen LogP contribution < -0.4 is 0 Å². The third-order valence-electron chi connectivity index (χ3n) is 11.7. The summed E-state index contributed by atoms with van der Waals surface area (Å²) in [5, 5.41) is 0.534. The minimum absolute atomic E-state index is 0.256. The summed E-state index contributed by atoms with van der Waals surface area (Å²) in [5.41, 5.74) is 4.88. The van der Waals surface area contributed by atoms with Crippen molar-refractivity contribution in [2.24, 2.45) is 23.2 Å². The average Bonchev–Trinajstić information content (AvgIpc) is 3.13. The number of hydrogen-bond acceptors (Lipinski definition) is 2. The van der Waals surface area contributed by atoms with E-state index in [1.165, 1.54) is 43.3 Å². The fraction of sp³-hybridized carbons (Fsp3) is 0.824. The molecule has 3 saturated carbocycles. The third-order valence-corrected chi connectivity index (χ3v) is 20.7. The monoisotopic (exact) mass is 558 g/mol. The quantitative estimate of drug-likeness (QED) is 0.289. The van der Waals surface area contributed by atoms with E-state index in [0.29, 0.717) is 17.4 Å². The van der Waals surface area contributed by atoms with Crippen molar-refractivity contribution in [3.8, 4) is 0 Å². The molecule has 3 fully saturated rings. The van der Waals surface area contributed by atoms with Gasteiger partial charge in [0.2, 0.25) is 0 Å². The van der Waals surface area contributed by atoms with Crippen LogP contribution >= 0.6 is 0 Å². The topological polar surface area (TPSA) is 18.5 Å². The van der Waals surface area contributed by atoms with E-state index >= 15 is 0 Å². The molecule has 4 heteroatoms. The lowest BCUT2D eigenvalue weighted by atomic mass is 9.61. The summed E-state index contributed by atoms with van der Waals surface area (Å²) < 4.78 is 13.6. The van der Waals surface area contributed by atoms with E-state index in [2.05, 4.69) is 100 Å². The van der Waals surface area contributed by atoms with Gasteiger partial charge in [-0.05, 0) is 116 Å². The summed E-state index contributed by atoms with van der Waals surface area (Å²) in [6.07, 6.45) is 15.2. The maximum Gasteiger partial charge on any atom is 0.192 e. The zero-order chi connectivity index (χ0) is 28.7. The van der Waals surface area contributed by atoms with Gasteiger partial charge in [-0.3, -0.25) is 0 Å². The summed E-state index contributed by atoms with van der Waals surface area (Å²) in [4.78, 5) is 0. The number of fused-ring (bicyclic) bond motifs is 1. The van der Waals surface area contributed by atoms with Crippen LogP contribution in [-0.4, -0.2) is 29.3 Å². The number of allylic oxidation sites excluding steroid dienone is 4. The second-order valence-corrected chi connectivity index (χ2v) is 26.0. The lowest BCUT2D eigenvalue weighted by Crippen LogP contribution is -2.44. The molecule has 1 unspecified atom stereocenters. The predicted octanol–water partition coefficient (Wildman–Crippen LogP) is 10.8. The van der Waals surface area contributed by atoms with Crippen LogP contribution in [0.1, 0.15) is 107 Å². The first kappa shape index (κ1) is 32.1. The highest BCUT2D eigenvalue weighted by Crippen LogP contribution is 2.59. The first-order valence-electron chi connectivity index (χ1n) is 15.7. The SMILES string of the molecule is C=C1CC[C@@H](O[Si](C)(C)C(C)(C)C)C/C1=C\C=C1/CCC[C@]2(C)C1CC[C@H]2[C@@H](C)CO[Si](C)(C)C(C)(C)C. The molecule has 2 nitrogen and oxygen atoms in total. The molecule has 218 valence electrons. The lowest BCUT2D eigenvalue weighted by Gasteiger charge is -2.45. The van der Waals surface area contributed by atoms with Crippen LogP contribution in [0.5, 0.6) is 0 Å². The minimum Gasteiger partial charge on any atom is -0.417 e. The molecule has 0 N–H and O–H groups in total. The van der Waals surface area contributed by atoms with Gasteiger partial charge in [-0.15, -0.1) is 0 Å². The molecule has 0 radical (unpaired) electrons. The van der Waals surface area contributed by atoms with Crippen LogP contribution in [0.4, 0.5) is 0 Å². The summed E-state index contributed by atoms with van der Waals surface area (Å²) in [6.45, 7) is 34.1. The fourth-order valence-corrected chi connectivity index (χ4v) is 9.46. The van der Waals surface area contributed by atoms with Crippen molar-refractivity contribution in [2.45, 2.75) is 149 Å². The Morgan fingerprint density at radius 1 is 0.947 bits per heavy atom. The normalized spacial score (nSPS) is 32.6. The third kappa shape index (κ3) is 6.89. The number of hydrogen-bond donors (Lipinski definition) is 0. The molecule has 5 atom stereocenters. The largest absolute Gasteiger partial charge is 0.417 e. The Hall–Kier alpha value is -0.426. The molecule has 0 aliphatic heterocycles. The van der Waals surface area contributed by atoms with E-state index in [0.717, 1.165) is 37.7 Å². The van der Waals surface area contributed by atoms with Gasteiger partial charge >= 0.3 is 0 Å². The average molecular weight is 559 g/mol. The zero-order valence-corrected chi connectivity index (χ0v) is 29.4. The summed E-state index contributed by atoms with van der Waals surface area (Å²) in [7, 11) is -3.46. The van der Waals surface area contributed by atoms with Crippen molar-refractivity contribution in [3.05, 3.63) is 35.5 Å². The van der Waals surface area contributed by atoms with Crippen molar-refractivity contribution in [3.63, 3.8) is 0 Å². The minimum atomic E-state index is -1.75. The van der Waals surface area contributed by atoms with E-state index in [1.54, 1.807) is 5.57 Å². The summed E-state index contributed by atoms with van der Waals surface area (Å²) >= 11 is 0. The second-order valence-electron chi connectivity index (χ2n) is 16.4. The maximum absolute atomic E-state index is 6.83. The molecule has 3 aliphatic rings. The van der Waals surface area contributed by atoms with Gasteiger partial charge in [0.1, 0.15) is 0 Å². The molecule has 3 rings (SSSR count). The van der Waals surface area contributed by atoms with Crippen LogP contribution in [0.3, 0.4) is 0 Å². The molecule has 0 heterocycles. The van der Waals surface area contributed by atoms with Gasteiger partial charge in [0.25, 0.3) is 0 Å². The first-order chi connectivity index (χ1) is 17.3. The second kappa shape index (κ2) is 11.5. The Kier molecular flexibility index (Phi) is 9.67. The Morgan fingerprint density at radius 3 is 2.18 bits per heavy atom. The van der Waals surface area contributed by atoms with Gasteiger partial charge < -0.3 is 8.85 Å². The van der Waals surface area contributed by atoms with Crippen LogP contribution in [-0.2, 0) is 8.85 Å². The van der Waals surface area contributed by atoms with Gasteiger partial charge in [-0.25, -0.2) is 0 Å². The molecule has 0 spiro atoms. The molecule has 0 bridgehead atoms. The standard InChI is InChI=1S/C34H62O2Si2/c1-25-16-19-29(36-38(12,13)33(6,7)8)23-28(25)18-17-27-15-14-22-34(9)30(20-21-31(27)34)26(2)24-35-37(10,11)32(3,4)5/h17-18,26,29-31H,1,14-16,19-24H2,2-13H3/b27-17+,28-18+/t26-,29+,30-,31?,34-/m0/s1.